The first-order valence-corrected chi connectivity index (χ1v) is 12.9. The fourth-order valence-electron chi connectivity index (χ4n) is 5.33. The average molecular weight is 484 g/mol. The number of phenolic OH excluding ortho intramolecular Hbond substituents is 1. The summed E-state index contributed by atoms with van der Waals surface area (Å²) in [5.74, 6) is 1.87. The maximum atomic E-state index is 10.2. The van der Waals surface area contributed by atoms with Crippen LogP contribution in [0.2, 0.25) is 0 Å². The van der Waals surface area contributed by atoms with Gasteiger partial charge in [0.2, 0.25) is 5.95 Å². The van der Waals surface area contributed by atoms with E-state index in [1.54, 1.807) is 6.07 Å². The zero-order valence-corrected chi connectivity index (χ0v) is 20.8. The standard InChI is InChI=1S/C28H33N7O/c1-33-14-16-34(17-15-33)28-31-26(25-27(32-28)35(19-30-25)22-6-2-3-7-22)29-18-20-10-12-21(13-11-20)23-8-4-5-9-24(23)36/h4-5,8-13,19,22,36H,2-3,6-7,14-18H2,1H3,(H,29,31,32). The second-order valence-electron chi connectivity index (χ2n) is 9.99. The average Bonchev–Trinajstić information content (AvgIpc) is 3.58. The molecule has 186 valence electrons. The molecule has 2 aromatic heterocycles. The van der Waals surface area contributed by atoms with Crippen molar-refractivity contribution >= 4 is 22.9 Å². The molecule has 0 bridgehead atoms. The zero-order chi connectivity index (χ0) is 24.5. The number of rotatable bonds is 6. The molecule has 2 fully saturated rings. The van der Waals surface area contributed by atoms with Crippen LogP contribution in [0.25, 0.3) is 22.3 Å². The van der Waals surface area contributed by atoms with E-state index in [4.69, 9.17) is 15.0 Å². The second-order valence-corrected chi connectivity index (χ2v) is 9.99. The number of piperazine rings is 1. The van der Waals surface area contributed by atoms with Crippen molar-refractivity contribution in [2.24, 2.45) is 0 Å². The molecule has 8 heteroatoms. The fraction of sp³-hybridized carbons (Fsp3) is 0.393. The number of nitrogens with one attached hydrogen (secondary N) is 1. The third-order valence-corrected chi connectivity index (χ3v) is 7.54. The molecular weight excluding hydrogens is 450 g/mol. The number of nitrogens with zero attached hydrogens (tertiary/aromatic N) is 6. The number of anilines is 2. The van der Waals surface area contributed by atoms with Crippen molar-refractivity contribution < 1.29 is 5.11 Å². The minimum Gasteiger partial charge on any atom is -0.507 e. The minimum absolute atomic E-state index is 0.293. The molecule has 36 heavy (non-hydrogen) atoms. The Bertz CT molecular complexity index is 1340. The number of aromatic nitrogens is 4. The van der Waals surface area contributed by atoms with Crippen LogP contribution in [0.3, 0.4) is 0 Å². The van der Waals surface area contributed by atoms with E-state index >= 15 is 0 Å². The quantitative estimate of drug-likeness (QED) is 0.412. The molecule has 4 aromatic rings. The largest absolute Gasteiger partial charge is 0.507 e. The third-order valence-electron chi connectivity index (χ3n) is 7.54. The molecular formula is C28H33N7O. The first kappa shape index (κ1) is 22.8. The van der Waals surface area contributed by atoms with E-state index in [1.165, 1.54) is 25.7 Å². The molecule has 1 saturated heterocycles. The highest BCUT2D eigenvalue weighted by atomic mass is 16.3. The highest BCUT2D eigenvalue weighted by molar-refractivity contribution is 5.84. The van der Waals surface area contributed by atoms with Crippen LogP contribution in [0.15, 0.2) is 54.9 Å². The lowest BCUT2D eigenvalue weighted by atomic mass is 10.0. The summed E-state index contributed by atoms with van der Waals surface area (Å²) in [6.45, 7) is 4.50. The predicted octanol–water partition coefficient (Wildman–Crippen LogP) is 4.68. The number of likely N-dealkylation sites (N-methyl/N-ethyl adjacent to an activating group) is 1. The molecule has 2 aromatic carbocycles. The first-order chi connectivity index (χ1) is 17.7. The summed E-state index contributed by atoms with van der Waals surface area (Å²) in [4.78, 5) is 19.4. The van der Waals surface area contributed by atoms with Crippen molar-refractivity contribution in [1.82, 2.24) is 24.4 Å². The molecule has 1 saturated carbocycles. The summed E-state index contributed by atoms with van der Waals surface area (Å²) in [7, 11) is 2.16. The van der Waals surface area contributed by atoms with Gasteiger partial charge in [-0.1, -0.05) is 55.3 Å². The van der Waals surface area contributed by atoms with Crippen LogP contribution in [-0.4, -0.2) is 62.8 Å². The molecule has 3 heterocycles. The minimum atomic E-state index is 0.293. The van der Waals surface area contributed by atoms with Crippen LogP contribution >= 0.6 is 0 Å². The number of imidazole rings is 1. The van der Waals surface area contributed by atoms with Gasteiger partial charge in [-0.25, -0.2) is 4.98 Å². The molecule has 6 rings (SSSR count). The normalized spacial score (nSPS) is 17.2. The lowest BCUT2D eigenvalue weighted by Crippen LogP contribution is -2.45. The monoisotopic (exact) mass is 483 g/mol. The Hall–Kier alpha value is -3.65. The van der Waals surface area contributed by atoms with E-state index in [-0.39, 0.29) is 0 Å². The van der Waals surface area contributed by atoms with Gasteiger partial charge in [0.25, 0.3) is 0 Å². The summed E-state index contributed by atoms with van der Waals surface area (Å²) < 4.78 is 2.27. The van der Waals surface area contributed by atoms with E-state index in [0.29, 0.717) is 18.3 Å². The Morgan fingerprint density at radius 3 is 2.44 bits per heavy atom. The Kier molecular flexibility index (Phi) is 6.19. The van der Waals surface area contributed by atoms with Gasteiger partial charge < -0.3 is 24.8 Å². The molecule has 0 amide bonds. The molecule has 0 unspecified atom stereocenters. The summed E-state index contributed by atoms with van der Waals surface area (Å²) in [5, 5.41) is 13.7. The summed E-state index contributed by atoms with van der Waals surface area (Å²) in [6, 6.07) is 16.2. The van der Waals surface area contributed by atoms with Crippen LogP contribution in [-0.2, 0) is 6.54 Å². The number of fused-ring (bicyclic) bond motifs is 1. The number of aromatic hydroxyl groups is 1. The summed E-state index contributed by atoms with van der Waals surface area (Å²) >= 11 is 0. The highest BCUT2D eigenvalue weighted by Gasteiger charge is 2.24. The van der Waals surface area contributed by atoms with Crippen molar-refractivity contribution in [3.05, 3.63) is 60.4 Å². The van der Waals surface area contributed by atoms with E-state index < -0.39 is 0 Å². The highest BCUT2D eigenvalue weighted by Crippen LogP contribution is 2.34. The van der Waals surface area contributed by atoms with Crippen LogP contribution < -0.4 is 10.2 Å². The van der Waals surface area contributed by atoms with Gasteiger partial charge in [-0.2, -0.15) is 9.97 Å². The lowest BCUT2D eigenvalue weighted by molar-refractivity contribution is 0.311. The van der Waals surface area contributed by atoms with E-state index in [0.717, 1.165) is 65.8 Å². The smallest absolute Gasteiger partial charge is 0.229 e. The van der Waals surface area contributed by atoms with Crippen LogP contribution in [0, 0.1) is 0 Å². The Morgan fingerprint density at radius 1 is 0.944 bits per heavy atom. The fourth-order valence-corrected chi connectivity index (χ4v) is 5.33. The van der Waals surface area contributed by atoms with Gasteiger partial charge in [-0.3, -0.25) is 0 Å². The Morgan fingerprint density at radius 2 is 1.69 bits per heavy atom. The van der Waals surface area contributed by atoms with Crippen molar-refractivity contribution in [1.29, 1.82) is 0 Å². The predicted molar refractivity (Wildman–Crippen MR) is 143 cm³/mol. The van der Waals surface area contributed by atoms with Gasteiger partial charge in [0.05, 0.1) is 6.33 Å². The van der Waals surface area contributed by atoms with Crippen molar-refractivity contribution in [2.75, 3.05) is 43.4 Å². The van der Waals surface area contributed by atoms with Crippen molar-refractivity contribution in [3.8, 4) is 16.9 Å². The maximum absolute atomic E-state index is 10.2. The van der Waals surface area contributed by atoms with Crippen LogP contribution in [0.1, 0.15) is 37.3 Å². The topological polar surface area (TPSA) is 82.3 Å². The number of benzene rings is 2. The van der Waals surface area contributed by atoms with Crippen molar-refractivity contribution in [3.63, 3.8) is 0 Å². The molecule has 2 N–H and O–H groups in total. The summed E-state index contributed by atoms with van der Waals surface area (Å²) in [6.07, 6.45) is 6.86. The molecule has 8 nitrogen and oxygen atoms in total. The molecule has 1 aliphatic heterocycles. The first-order valence-electron chi connectivity index (χ1n) is 12.9. The SMILES string of the molecule is CN1CCN(c2nc(NCc3ccc(-c4ccccc4O)cc3)c3ncn(C4CCCC4)c3n2)CC1. The Balaban J connectivity index is 1.28. The number of para-hydroxylation sites is 1. The van der Waals surface area contributed by atoms with Crippen molar-refractivity contribution in [2.45, 2.75) is 38.3 Å². The molecule has 2 aliphatic rings. The van der Waals surface area contributed by atoms with Crippen LogP contribution in [0.4, 0.5) is 11.8 Å². The number of phenols is 1. The molecule has 0 atom stereocenters. The second kappa shape index (κ2) is 9.78. The van der Waals surface area contributed by atoms with E-state index in [2.05, 4.69) is 38.9 Å². The molecule has 0 spiro atoms. The van der Waals surface area contributed by atoms with Gasteiger partial charge in [0.1, 0.15) is 5.75 Å². The van der Waals surface area contributed by atoms with Gasteiger partial charge >= 0.3 is 0 Å². The molecule has 0 radical (unpaired) electrons. The van der Waals surface area contributed by atoms with E-state index in [1.807, 2.05) is 36.7 Å². The van der Waals surface area contributed by atoms with Gasteiger partial charge in [-0.15, -0.1) is 0 Å². The number of hydrogen-bond acceptors (Lipinski definition) is 7. The van der Waals surface area contributed by atoms with Gasteiger partial charge in [-0.05, 0) is 37.1 Å². The lowest BCUT2D eigenvalue weighted by Gasteiger charge is -2.32. The van der Waals surface area contributed by atoms with Gasteiger partial charge in [0.15, 0.2) is 17.0 Å². The molecule has 1 aliphatic carbocycles. The summed E-state index contributed by atoms with van der Waals surface area (Å²) in [5.41, 5.74) is 4.74. The van der Waals surface area contributed by atoms with Gasteiger partial charge in [0, 0.05) is 44.3 Å². The third kappa shape index (κ3) is 4.48. The maximum Gasteiger partial charge on any atom is 0.229 e. The van der Waals surface area contributed by atoms with E-state index in [9.17, 15) is 5.11 Å². The number of hydrogen-bond donors (Lipinski definition) is 2. The zero-order valence-electron chi connectivity index (χ0n) is 20.8. The Labute approximate surface area is 211 Å². The van der Waals surface area contributed by atoms with Crippen LogP contribution in [0.5, 0.6) is 5.75 Å².